The van der Waals surface area contributed by atoms with Gasteiger partial charge in [-0.15, -0.1) is 0 Å². The van der Waals surface area contributed by atoms with Crippen molar-refractivity contribution in [2.24, 2.45) is 50.2 Å². The summed E-state index contributed by atoms with van der Waals surface area (Å²) in [6.45, 7) is 13.8. The maximum Gasteiger partial charge on any atom is 0.315 e. The fraction of sp³-hybridized carbons (Fsp3) is 0.943. The molecule has 22 nitrogen and oxygen atoms in total. The summed E-state index contributed by atoms with van der Waals surface area (Å²) in [6, 6.07) is 0. The Hall–Kier alpha value is -1.59. The van der Waals surface area contributed by atoms with Crippen LogP contribution in [0.25, 0.3) is 0 Å². The van der Waals surface area contributed by atoms with Gasteiger partial charge in [0.15, 0.2) is 18.9 Å². The number of esters is 1. The minimum absolute atomic E-state index is 0.125. The van der Waals surface area contributed by atoms with Gasteiger partial charge in [-0.2, -0.15) is 0 Å². The van der Waals surface area contributed by atoms with Gasteiger partial charge < -0.3 is 104 Å². The molecule has 27 atom stereocenters. The summed E-state index contributed by atoms with van der Waals surface area (Å²) in [4.78, 5) is 15.1. The molecule has 22 heteroatoms. The van der Waals surface area contributed by atoms with E-state index in [9.17, 15) is 66.4 Å². The van der Waals surface area contributed by atoms with Crippen LogP contribution in [0.5, 0.6) is 0 Å². The molecular formula is C53H86O22. The summed E-state index contributed by atoms with van der Waals surface area (Å²) < 4.78 is 47.6. The third-order valence-electron chi connectivity index (χ3n) is 21.0. The van der Waals surface area contributed by atoms with Gasteiger partial charge in [-0.3, -0.25) is 4.79 Å². The number of hydrogen-bond donors (Lipinski definition) is 13. The molecule has 4 heterocycles. The zero-order valence-electron chi connectivity index (χ0n) is 44.2. The number of allylic oxidation sites excluding steroid dienone is 2. The number of carbonyl (C=O) groups excluding carboxylic acids is 1. The van der Waals surface area contributed by atoms with E-state index in [1.165, 1.54) is 5.57 Å². The highest BCUT2D eigenvalue weighted by atomic mass is 16.8. The van der Waals surface area contributed by atoms with E-state index in [0.717, 1.165) is 32.1 Å². The third kappa shape index (κ3) is 9.60. The van der Waals surface area contributed by atoms with Crippen molar-refractivity contribution in [1.82, 2.24) is 0 Å². The lowest BCUT2D eigenvalue weighted by Crippen LogP contribution is -2.66. The summed E-state index contributed by atoms with van der Waals surface area (Å²) in [5.41, 5.74) is -1.01. The Morgan fingerprint density at radius 2 is 1.17 bits per heavy atom. The van der Waals surface area contributed by atoms with Gasteiger partial charge in [0, 0.05) is 0 Å². The summed E-state index contributed by atoms with van der Waals surface area (Å²) >= 11 is 0. The molecule has 4 saturated carbocycles. The van der Waals surface area contributed by atoms with Crippen LogP contribution in [0.15, 0.2) is 11.6 Å². The molecule has 8 fully saturated rings. The van der Waals surface area contributed by atoms with Crippen molar-refractivity contribution in [2.45, 2.75) is 235 Å². The zero-order valence-corrected chi connectivity index (χ0v) is 44.2. The van der Waals surface area contributed by atoms with Crippen molar-refractivity contribution < 1.29 is 109 Å². The Balaban J connectivity index is 0.920. The van der Waals surface area contributed by atoms with E-state index in [1.54, 1.807) is 0 Å². The van der Waals surface area contributed by atoms with Gasteiger partial charge in [0.05, 0.1) is 37.9 Å². The van der Waals surface area contributed by atoms with Crippen LogP contribution in [0, 0.1) is 50.2 Å². The first-order valence-corrected chi connectivity index (χ1v) is 27.2. The van der Waals surface area contributed by atoms with Crippen LogP contribution >= 0.6 is 0 Å². The monoisotopic (exact) mass is 1070 g/mol. The average Bonchev–Trinajstić information content (AvgIpc) is 3.36. The van der Waals surface area contributed by atoms with Crippen molar-refractivity contribution in [3.63, 3.8) is 0 Å². The van der Waals surface area contributed by atoms with E-state index in [0.29, 0.717) is 32.1 Å². The first-order chi connectivity index (χ1) is 35.1. The molecule has 0 aromatic carbocycles. The van der Waals surface area contributed by atoms with E-state index >= 15 is 4.79 Å². The maximum absolute atomic E-state index is 15.1. The lowest BCUT2D eigenvalue weighted by Gasteiger charge is -2.71. The van der Waals surface area contributed by atoms with Gasteiger partial charge in [0.1, 0.15) is 91.6 Å². The van der Waals surface area contributed by atoms with Crippen LogP contribution in [0.3, 0.4) is 0 Å². The molecule has 0 aromatic rings. The average molecular weight is 1080 g/mol. The van der Waals surface area contributed by atoms with Gasteiger partial charge in [0.2, 0.25) is 6.29 Å². The molecule has 0 radical (unpaired) electrons. The van der Waals surface area contributed by atoms with Gasteiger partial charge in [0.25, 0.3) is 0 Å². The van der Waals surface area contributed by atoms with Crippen molar-refractivity contribution in [1.29, 1.82) is 0 Å². The second kappa shape index (κ2) is 21.1. The summed E-state index contributed by atoms with van der Waals surface area (Å²) in [6.07, 6.45) is -20.8. The van der Waals surface area contributed by atoms with Gasteiger partial charge in [-0.1, -0.05) is 60.1 Å². The number of aliphatic hydroxyl groups is 13. The molecule has 4 saturated heterocycles. The highest BCUT2D eigenvalue weighted by Crippen LogP contribution is 2.76. The summed E-state index contributed by atoms with van der Waals surface area (Å²) in [7, 11) is 0. The molecule has 13 N–H and O–H groups in total. The Kier molecular flexibility index (Phi) is 16.3. The SMILES string of the molecule is CC1(C)CC[C@@]2(C(=O)O[C@@H]3O[C@@H](CO[C@@H]4O[C@H](CO)[C@@H](O)[C@@H](O)[C@@H]4O)[C@H](O)[C@H](O)[C@H]3O)CC[C@@]3(C)C(=CC[C@@H]4[C@]5(C)CC[C@H](O[C@H]6OC[C@@H](O)[C@H](O)[C@@H]6O[C@H]6O[C@H](CO)[C@H](O)[C@@H](O)[C@H]6O)C(C)(C)[C@H]5CC[C@]43C)[C@H]2C1. The number of hydrogen-bond acceptors (Lipinski definition) is 22. The zero-order chi connectivity index (χ0) is 54.7. The molecular weight excluding hydrogens is 989 g/mol. The standard InChI is InChI=1S/C53H86O22/c1-48(2)14-16-53(47(67)75-45-41(66)38(63)35(60)28(72-45)22-69-43-39(64)36(61)33(58)26(19-54)70-43)17-15-51(6)23(24(53)18-48)8-9-30-50(5)12-11-31(49(3,4)29(50)10-13-52(30,51)7)73-46-42(32(57)25(56)21-68-46)74-44-40(65)37(62)34(59)27(20-55)71-44/h8,24-46,54-66H,9-22H2,1-7H3/t24-,25-,26-,27-,28+,29-,30-,31+,32+,33-,34+,35+,36-,37-,38+,39+,40-,41-,42+,43-,44-,45+,46-,50-,51+,52-,53-/m1/s1. The molecule has 0 spiro atoms. The molecule has 4 aliphatic heterocycles. The quantitative estimate of drug-likeness (QED) is 0.0643. The predicted octanol–water partition coefficient (Wildman–Crippen LogP) is -1.40. The molecule has 9 aliphatic rings. The number of ether oxygens (including phenoxy) is 8. The van der Waals surface area contributed by atoms with Crippen LogP contribution in [0.2, 0.25) is 0 Å². The van der Waals surface area contributed by atoms with Crippen molar-refractivity contribution in [3.8, 4) is 0 Å². The third-order valence-corrected chi connectivity index (χ3v) is 21.0. The van der Waals surface area contributed by atoms with E-state index < -0.39 is 159 Å². The molecule has 75 heavy (non-hydrogen) atoms. The van der Waals surface area contributed by atoms with Crippen LogP contribution < -0.4 is 0 Å². The molecule has 430 valence electrons. The predicted molar refractivity (Wildman–Crippen MR) is 257 cm³/mol. The lowest BCUT2D eigenvalue weighted by atomic mass is 9.33. The van der Waals surface area contributed by atoms with Gasteiger partial charge >= 0.3 is 5.97 Å². The van der Waals surface area contributed by atoms with E-state index in [2.05, 4.69) is 54.5 Å². The molecule has 5 aliphatic carbocycles. The number of aliphatic hydroxyl groups excluding tert-OH is 13. The van der Waals surface area contributed by atoms with Crippen molar-refractivity contribution in [2.75, 3.05) is 26.4 Å². The Labute approximate surface area is 437 Å². The largest absolute Gasteiger partial charge is 0.432 e. The molecule has 0 amide bonds. The lowest BCUT2D eigenvalue weighted by molar-refractivity contribution is -0.367. The number of carbonyl (C=O) groups is 1. The second-order valence-corrected chi connectivity index (χ2v) is 25.9. The number of rotatable bonds is 11. The molecule has 0 unspecified atom stereocenters. The minimum atomic E-state index is -1.83. The van der Waals surface area contributed by atoms with Crippen molar-refractivity contribution >= 4 is 5.97 Å². The normalized spacial score (nSPS) is 53.5. The van der Waals surface area contributed by atoms with E-state index in [4.69, 9.17) is 37.9 Å². The Morgan fingerprint density at radius 3 is 1.81 bits per heavy atom. The Morgan fingerprint density at radius 1 is 0.600 bits per heavy atom. The molecule has 0 aromatic heterocycles. The van der Waals surface area contributed by atoms with Gasteiger partial charge in [-0.25, -0.2) is 0 Å². The fourth-order valence-electron chi connectivity index (χ4n) is 16.1. The Bertz CT molecular complexity index is 2060. The summed E-state index contributed by atoms with van der Waals surface area (Å²) in [5.74, 6) is -0.391. The number of fused-ring (bicyclic) bond motifs is 7. The fourth-order valence-corrected chi connectivity index (χ4v) is 16.1. The van der Waals surface area contributed by atoms with Crippen LogP contribution in [0.1, 0.15) is 113 Å². The minimum Gasteiger partial charge on any atom is -0.432 e. The summed E-state index contributed by atoms with van der Waals surface area (Å²) in [5, 5.41) is 137. The van der Waals surface area contributed by atoms with Crippen LogP contribution in [0.4, 0.5) is 0 Å². The first-order valence-electron chi connectivity index (χ1n) is 27.2. The highest BCUT2D eigenvalue weighted by Gasteiger charge is 2.70. The second-order valence-electron chi connectivity index (χ2n) is 25.9. The van der Waals surface area contributed by atoms with Crippen molar-refractivity contribution in [3.05, 3.63) is 11.6 Å². The van der Waals surface area contributed by atoms with E-state index in [-0.39, 0.29) is 46.0 Å². The molecule has 0 bridgehead atoms. The van der Waals surface area contributed by atoms with Crippen LogP contribution in [-0.2, 0) is 42.7 Å². The van der Waals surface area contributed by atoms with Gasteiger partial charge in [-0.05, 0) is 109 Å². The topological polar surface area (TPSA) is 354 Å². The van der Waals surface area contributed by atoms with Crippen LogP contribution in [-0.4, -0.2) is 222 Å². The van der Waals surface area contributed by atoms with E-state index in [1.807, 2.05) is 0 Å². The first kappa shape index (κ1) is 58.1. The highest BCUT2D eigenvalue weighted by molar-refractivity contribution is 5.79. The maximum atomic E-state index is 15.1. The smallest absolute Gasteiger partial charge is 0.315 e. The molecule has 9 rings (SSSR count).